The van der Waals surface area contributed by atoms with Gasteiger partial charge in [0.2, 0.25) is 0 Å². The van der Waals surface area contributed by atoms with Gasteiger partial charge in [0.05, 0.1) is 24.6 Å². The number of halogens is 1. The van der Waals surface area contributed by atoms with Gasteiger partial charge < -0.3 is 9.47 Å². The summed E-state index contributed by atoms with van der Waals surface area (Å²) >= 11 is 5.86. The summed E-state index contributed by atoms with van der Waals surface area (Å²) in [6, 6.07) is 13.3. The van der Waals surface area contributed by atoms with Gasteiger partial charge in [0.25, 0.3) is 0 Å². The van der Waals surface area contributed by atoms with E-state index in [0.717, 1.165) is 34.9 Å². The molecule has 0 aromatic heterocycles. The molecule has 1 N–H and O–H groups in total. The second-order valence-electron chi connectivity index (χ2n) is 5.03. The smallest absolute Gasteiger partial charge is 0.161 e. The number of nitrogens with one attached hydrogen (secondary N) is 1. The number of nitrogens with zero attached hydrogens (tertiary/aromatic N) is 1. The molecule has 0 spiro atoms. The zero-order valence-electron chi connectivity index (χ0n) is 12.3. The van der Waals surface area contributed by atoms with Crippen LogP contribution in [0.1, 0.15) is 18.9 Å². The molecule has 0 unspecified atom stereocenters. The minimum absolute atomic E-state index is 0.676. The molecule has 5 heteroatoms. The highest BCUT2D eigenvalue weighted by Gasteiger charge is 2.11. The molecule has 114 valence electrons. The number of benzene rings is 2. The second-order valence-corrected chi connectivity index (χ2v) is 5.46. The van der Waals surface area contributed by atoms with Gasteiger partial charge in [-0.1, -0.05) is 11.6 Å². The lowest BCUT2D eigenvalue weighted by Gasteiger charge is -2.09. The Morgan fingerprint density at radius 1 is 1.05 bits per heavy atom. The van der Waals surface area contributed by atoms with E-state index < -0.39 is 0 Å². The maximum Gasteiger partial charge on any atom is 0.161 e. The Morgan fingerprint density at radius 3 is 2.55 bits per heavy atom. The van der Waals surface area contributed by atoms with Crippen molar-refractivity contribution in [3.63, 3.8) is 0 Å². The van der Waals surface area contributed by atoms with Crippen molar-refractivity contribution >= 4 is 23.0 Å². The highest BCUT2D eigenvalue weighted by molar-refractivity contribution is 6.30. The van der Waals surface area contributed by atoms with Crippen LogP contribution < -0.4 is 14.9 Å². The maximum absolute atomic E-state index is 5.86. The van der Waals surface area contributed by atoms with Crippen molar-refractivity contribution in [2.45, 2.75) is 13.3 Å². The van der Waals surface area contributed by atoms with E-state index in [4.69, 9.17) is 21.1 Å². The van der Waals surface area contributed by atoms with Crippen LogP contribution in [0.25, 0.3) is 0 Å². The monoisotopic (exact) mass is 316 g/mol. The van der Waals surface area contributed by atoms with Crippen molar-refractivity contribution in [2.75, 3.05) is 18.6 Å². The molecule has 3 rings (SSSR count). The Bertz CT molecular complexity index is 684. The lowest BCUT2D eigenvalue weighted by molar-refractivity contribution is 0.297. The standard InChI is InChI=1S/C17H17ClN2O2/c1-12(19-20-15-6-4-14(18)5-7-15)13-3-8-16-17(11-13)22-10-2-9-21-16/h3-8,11,20H,2,9-10H2,1H3/b19-12-. The highest BCUT2D eigenvalue weighted by Crippen LogP contribution is 2.30. The molecule has 0 bridgehead atoms. The first-order chi connectivity index (χ1) is 10.7. The van der Waals surface area contributed by atoms with Gasteiger partial charge >= 0.3 is 0 Å². The molecule has 0 fully saturated rings. The van der Waals surface area contributed by atoms with Crippen LogP contribution in [0.3, 0.4) is 0 Å². The molecule has 0 radical (unpaired) electrons. The summed E-state index contributed by atoms with van der Waals surface area (Å²) in [5, 5.41) is 5.10. The zero-order chi connectivity index (χ0) is 15.4. The minimum Gasteiger partial charge on any atom is -0.490 e. The molecule has 0 atom stereocenters. The van der Waals surface area contributed by atoms with E-state index in [1.807, 2.05) is 49.4 Å². The summed E-state index contributed by atoms with van der Waals surface area (Å²) in [5.74, 6) is 1.57. The molecule has 1 aliphatic heterocycles. The van der Waals surface area contributed by atoms with Crippen molar-refractivity contribution in [1.82, 2.24) is 0 Å². The summed E-state index contributed by atoms with van der Waals surface area (Å²) < 4.78 is 11.3. The number of hydrazone groups is 1. The molecule has 1 aliphatic rings. The molecule has 2 aromatic rings. The third-order valence-electron chi connectivity index (χ3n) is 3.36. The first-order valence-electron chi connectivity index (χ1n) is 7.18. The number of hydrogen-bond acceptors (Lipinski definition) is 4. The van der Waals surface area contributed by atoms with E-state index in [2.05, 4.69) is 10.5 Å². The highest BCUT2D eigenvalue weighted by atomic mass is 35.5. The lowest BCUT2D eigenvalue weighted by Crippen LogP contribution is -2.01. The van der Waals surface area contributed by atoms with Gasteiger partial charge in [0.15, 0.2) is 11.5 Å². The van der Waals surface area contributed by atoms with Crippen LogP contribution in [0.5, 0.6) is 11.5 Å². The van der Waals surface area contributed by atoms with E-state index in [0.29, 0.717) is 18.2 Å². The number of fused-ring (bicyclic) bond motifs is 1. The van der Waals surface area contributed by atoms with Crippen LogP contribution in [0.15, 0.2) is 47.6 Å². The fourth-order valence-corrected chi connectivity index (χ4v) is 2.25. The number of ether oxygens (including phenoxy) is 2. The summed E-state index contributed by atoms with van der Waals surface area (Å²) in [7, 11) is 0. The Morgan fingerprint density at radius 2 is 1.77 bits per heavy atom. The molecule has 1 heterocycles. The molecular formula is C17H17ClN2O2. The molecule has 2 aromatic carbocycles. The van der Waals surface area contributed by atoms with Gasteiger partial charge in [0, 0.05) is 17.0 Å². The molecule has 22 heavy (non-hydrogen) atoms. The van der Waals surface area contributed by atoms with Gasteiger partial charge in [-0.25, -0.2) is 0 Å². The third kappa shape index (κ3) is 3.52. The molecule has 4 nitrogen and oxygen atoms in total. The van der Waals surface area contributed by atoms with Crippen molar-refractivity contribution < 1.29 is 9.47 Å². The van der Waals surface area contributed by atoms with Gasteiger partial charge in [-0.05, 0) is 49.4 Å². The Labute approximate surface area is 134 Å². The first-order valence-corrected chi connectivity index (χ1v) is 7.56. The van der Waals surface area contributed by atoms with E-state index in [1.54, 1.807) is 0 Å². The minimum atomic E-state index is 0.676. The molecular weight excluding hydrogens is 300 g/mol. The first kappa shape index (κ1) is 14.7. The predicted molar refractivity (Wildman–Crippen MR) is 89.3 cm³/mol. The van der Waals surface area contributed by atoms with Crippen molar-refractivity contribution in [3.8, 4) is 11.5 Å². The number of anilines is 1. The van der Waals surface area contributed by atoms with Crippen molar-refractivity contribution in [2.24, 2.45) is 5.10 Å². The number of hydrogen-bond donors (Lipinski definition) is 1. The van der Waals surface area contributed by atoms with Crippen LogP contribution in [0.4, 0.5) is 5.69 Å². The van der Waals surface area contributed by atoms with Crippen molar-refractivity contribution in [1.29, 1.82) is 0 Å². The Hall–Kier alpha value is -2.20. The zero-order valence-corrected chi connectivity index (χ0v) is 13.1. The quantitative estimate of drug-likeness (QED) is 0.676. The molecule has 0 saturated heterocycles. The van der Waals surface area contributed by atoms with Crippen LogP contribution >= 0.6 is 11.6 Å². The summed E-state index contributed by atoms with van der Waals surface area (Å²) in [5.41, 5.74) is 5.76. The predicted octanol–water partition coefficient (Wildman–Crippen LogP) is 4.34. The average Bonchev–Trinajstić information content (AvgIpc) is 2.78. The van der Waals surface area contributed by atoms with Gasteiger partial charge in [-0.15, -0.1) is 0 Å². The third-order valence-corrected chi connectivity index (χ3v) is 3.61. The Kier molecular flexibility index (Phi) is 4.49. The second kappa shape index (κ2) is 6.71. The molecule has 0 saturated carbocycles. The average molecular weight is 317 g/mol. The summed E-state index contributed by atoms with van der Waals surface area (Å²) in [6.45, 7) is 3.31. The normalized spacial score (nSPS) is 14.4. The van der Waals surface area contributed by atoms with Crippen LogP contribution in [-0.4, -0.2) is 18.9 Å². The van der Waals surface area contributed by atoms with E-state index >= 15 is 0 Å². The Balaban J connectivity index is 1.76. The van der Waals surface area contributed by atoms with E-state index in [1.165, 1.54) is 0 Å². The molecule has 0 aliphatic carbocycles. The van der Waals surface area contributed by atoms with E-state index in [-0.39, 0.29) is 0 Å². The largest absolute Gasteiger partial charge is 0.490 e. The van der Waals surface area contributed by atoms with Crippen LogP contribution in [-0.2, 0) is 0 Å². The van der Waals surface area contributed by atoms with Crippen LogP contribution in [0, 0.1) is 0 Å². The van der Waals surface area contributed by atoms with Crippen molar-refractivity contribution in [3.05, 3.63) is 53.1 Å². The fraction of sp³-hybridized carbons (Fsp3) is 0.235. The molecule has 0 amide bonds. The summed E-state index contributed by atoms with van der Waals surface area (Å²) in [6.07, 6.45) is 0.898. The van der Waals surface area contributed by atoms with E-state index in [9.17, 15) is 0 Å². The SMILES string of the molecule is C/C(=N/Nc1ccc(Cl)cc1)c1ccc2c(c1)OCCCO2. The van der Waals surface area contributed by atoms with Gasteiger partial charge in [-0.2, -0.15) is 5.10 Å². The van der Waals surface area contributed by atoms with Crippen LogP contribution in [0.2, 0.25) is 5.02 Å². The topological polar surface area (TPSA) is 42.9 Å². The fourth-order valence-electron chi connectivity index (χ4n) is 2.13. The lowest BCUT2D eigenvalue weighted by atomic mass is 10.1. The maximum atomic E-state index is 5.86. The number of rotatable bonds is 3. The summed E-state index contributed by atoms with van der Waals surface area (Å²) in [4.78, 5) is 0. The van der Waals surface area contributed by atoms with Gasteiger partial charge in [0.1, 0.15) is 0 Å². The van der Waals surface area contributed by atoms with Gasteiger partial charge in [-0.3, -0.25) is 5.43 Å².